The maximum absolute atomic E-state index is 13.5. The third kappa shape index (κ3) is 6.97. The molecule has 0 radical (unpaired) electrons. The summed E-state index contributed by atoms with van der Waals surface area (Å²) in [5.41, 5.74) is 4.76. The molecule has 1 N–H and O–H groups in total. The number of benzene rings is 2. The SMILES string of the molecule is CCCN(CC(=O)N(CCc1c[nH]c2ccccc12)Cc1ccc(C(C)(C)C)cc1)C(=O)C(C)C. The Bertz CT molecular complexity index is 1120. The number of aromatic amines is 1. The Labute approximate surface area is 210 Å². The highest BCUT2D eigenvalue weighted by atomic mass is 16.2. The van der Waals surface area contributed by atoms with Crippen LogP contribution in [0.1, 0.15) is 64.7 Å². The van der Waals surface area contributed by atoms with Crippen LogP contribution in [-0.4, -0.2) is 46.2 Å². The molecule has 0 bridgehead atoms. The first-order valence-electron chi connectivity index (χ1n) is 12.8. The average Bonchev–Trinajstić information content (AvgIpc) is 3.23. The van der Waals surface area contributed by atoms with Gasteiger partial charge < -0.3 is 14.8 Å². The number of carbonyl (C=O) groups is 2. The Morgan fingerprint density at radius 2 is 1.63 bits per heavy atom. The largest absolute Gasteiger partial charge is 0.361 e. The van der Waals surface area contributed by atoms with Crippen molar-refractivity contribution in [2.24, 2.45) is 5.92 Å². The van der Waals surface area contributed by atoms with Crippen LogP contribution in [0.3, 0.4) is 0 Å². The molecule has 2 amide bonds. The number of aromatic nitrogens is 1. The maximum atomic E-state index is 13.5. The van der Waals surface area contributed by atoms with Crippen molar-refractivity contribution in [3.63, 3.8) is 0 Å². The van der Waals surface area contributed by atoms with Gasteiger partial charge in [-0.15, -0.1) is 0 Å². The molecule has 0 aliphatic heterocycles. The number of fused-ring (bicyclic) bond motifs is 1. The third-order valence-corrected chi connectivity index (χ3v) is 6.50. The molecule has 0 unspecified atom stereocenters. The molecule has 0 aliphatic carbocycles. The molecule has 3 rings (SSSR count). The van der Waals surface area contributed by atoms with Crippen molar-refractivity contribution in [2.45, 2.75) is 66.3 Å². The number of para-hydroxylation sites is 1. The molecule has 3 aromatic rings. The summed E-state index contributed by atoms with van der Waals surface area (Å²) in [7, 11) is 0. The van der Waals surface area contributed by atoms with E-state index in [9.17, 15) is 9.59 Å². The topological polar surface area (TPSA) is 56.4 Å². The summed E-state index contributed by atoms with van der Waals surface area (Å²) in [6, 6.07) is 16.8. The van der Waals surface area contributed by atoms with Gasteiger partial charge in [0, 0.05) is 42.7 Å². The molecule has 0 spiro atoms. The van der Waals surface area contributed by atoms with Crippen molar-refractivity contribution < 1.29 is 9.59 Å². The highest BCUT2D eigenvalue weighted by molar-refractivity contribution is 5.86. The first-order chi connectivity index (χ1) is 16.6. The minimum atomic E-state index is -0.126. The lowest BCUT2D eigenvalue weighted by Crippen LogP contribution is -2.44. The lowest BCUT2D eigenvalue weighted by Gasteiger charge is -2.29. The lowest BCUT2D eigenvalue weighted by atomic mass is 9.87. The molecule has 0 fully saturated rings. The van der Waals surface area contributed by atoms with E-state index in [1.54, 1.807) is 4.90 Å². The first kappa shape index (κ1) is 26.5. The Kier molecular flexibility index (Phi) is 8.76. The molecule has 0 saturated carbocycles. The van der Waals surface area contributed by atoms with Crippen LogP contribution in [0.4, 0.5) is 0 Å². The van der Waals surface area contributed by atoms with E-state index in [0.29, 0.717) is 19.6 Å². The van der Waals surface area contributed by atoms with Gasteiger partial charge in [0.1, 0.15) is 0 Å². The Morgan fingerprint density at radius 3 is 2.26 bits per heavy atom. The molecular formula is C30H41N3O2. The van der Waals surface area contributed by atoms with Crippen molar-refractivity contribution in [2.75, 3.05) is 19.6 Å². The lowest BCUT2D eigenvalue weighted by molar-refractivity contribution is -0.142. The standard InChI is InChI=1S/C30H41N3O2/c1-7-17-33(29(35)22(2)3)21-28(34)32(20-23-12-14-25(15-13-23)30(4,5)6)18-16-24-19-31-27-11-9-8-10-26(24)27/h8-15,19,22,31H,7,16-18,20-21H2,1-6H3. The van der Waals surface area contributed by atoms with E-state index >= 15 is 0 Å². The minimum Gasteiger partial charge on any atom is -0.361 e. The molecule has 1 aromatic heterocycles. The fourth-order valence-electron chi connectivity index (χ4n) is 4.38. The van der Waals surface area contributed by atoms with Gasteiger partial charge in [0.05, 0.1) is 6.54 Å². The Morgan fingerprint density at radius 1 is 0.943 bits per heavy atom. The summed E-state index contributed by atoms with van der Waals surface area (Å²) in [6.45, 7) is 14.3. The first-order valence-corrected chi connectivity index (χ1v) is 12.8. The molecule has 35 heavy (non-hydrogen) atoms. The number of H-pyrrole nitrogens is 1. The van der Waals surface area contributed by atoms with E-state index < -0.39 is 0 Å². The molecule has 5 nitrogen and oxygen atoms in total. The van der Waals surface area contributed by atoms with E-state index in [2.05, 4.69) is 62.2 Å². The second kappa shape index (κ2) is 11.6. The van der Waals surface area contributed by atoms with Crippen LogP contribution in [0.15, 0.2) is 54.7 Å². The van der Waals surface area contributed by atoms with E-state index in [-0.39, 0.29) is 29.7 Å². The monoisotopic (exact) mass is 475 g/mol. The van der Waals surface area contributed by atoms with E-state index in [0.717, 1.165) is 23.9 Å². The van der Waals surface area contributed by atoms with E-state index in [4.69, 9.17) is 0 Å². The number of carbonyl (C=O) groups excluding carboxylic acids is 2. The second-order valence-corrected chi connectivity index (χ2v) is 10.8. The molecule has 188 valence electrons. The van der Waals surface area contributed by atoms with Crippen molar-refractivity contribution in [3.8, 4) is 0 Å². The van der Waals surface area contributed by atoms with Gasteiger partial charge >= 0.3 is 0 Å². The van der Waals surface area contributed by atoms with E-state index in [1.165, 1.54) is 16.5 Å². The fraction of sp³-hybridized carbons (Fsp3) is 0.467. The summed E-state index contributed by atoms with van der Waals surface area (Å²) >= 11 is 0. The van der Waals surface area contributed by atoms with Crippen molar-refractivity contribution in [1.82, 2.24) is 14.8 Å². The Balaban J connectivity index is 1.80. The smallest absolute Gasteiger partial charge is 0.242 e. The minimum absolute atomic E-state index is 0.00723. The van der Waals surface area contributed by atoms with Crippen molar-refractivity contribution >= 4 is 22.7 Å². The summed E-state index contributed by atoms with van der Waals surface area (Å²) in [5.74, 6) is -0.0996. The molecule has 0 saturated heterocycles. The van der Waals surface area contributed by atoms with Crippen LogP contribution >= 0.6 is 0 Å². The van der Waals surface area contributed by atoms with Crippen LogP contribution in [0, 0.1) is 5.92 Å². The van der Waals surface area contributed by atoms with Crippen molar-refractivity contribution in [3.05, 3.63) is 71.4 Å². The summed E-state index contributed by atoms with van der Waals surface area (Å²) in [4.78, 5) is 33.2. The van der Waals surface area contributed by atoms with Crippen LogP contribution in [0.2, 0.25) is 0 Å². The maximum Gasteiger partial charge on any atom is 0.242 e. The second-order valence-electron chi connectivity index (χ2n) is 10.8. The summed E-state index contributed by atoms with van der Waals surface area (Å²) < 4.78 is 0. The van der Waals surface area contributed by atoms with Gasteiger partial charge in [-0.25, -0.2) is 0 Å². The van der Waals surface area contributed by atoms with Crippen LogP contribution in [-0.2, 0) is 28.0 Å². The quantitative estimate of drug-likeness (QED) is 0.395. The number of hydrogen-bond donors (Lipinski definition) is 1. The predicted molar refractivity (Wildman–Crippen MR) is 144 cm³/mol. The highest BCUT2D eigenvalue weighted by Crippen LogP contribution is 2.23. The number of amides is 2. The van der Waals surface area contributed by atoms with Gasteiger partial charge in [0.25, 0.3) is 0 Å². The zero-order valence-electron chi connectivity index (χ0n) is 22.2. The summed E-state index contributed by atoms with van der Waals surface area (Å²) in [5, 5.41) is 1.19. The van der Waals surface area contributed by atoms with E-state index in [1.807, 2.05) is 44.0 Å². The van der Waals surface area contributed by atoms with Gasteiger partial charge in [-0.1, -0.05) is 84.0 Å². The van der Waals surface area contributed by atoms with Gasteiger partial charge in [-0.05, 0) is 41.0 Å². The molecule has 1 heterocycles. The zero-order chi connectivity index (χ0) is 25.6. The number of nitrogens with zero attached hydrogens (tertiary/aromatic N) is 2. The molecule has 0 atom stereocenters. The zero-order valence-corrected chi connectivity index (χ0v) is 22.2. The van der Waals surface area contributed by atoms with Gasteiger partial charge in [0.2, 0.25) is 11.8 Å². The predicted octanol–water partition coefficient (Wildman–Crippen LogP) is 5.93. The summed E-state index contributed by atoms with van der Waals surface area (Å²) in [6.07, 6.45) is 3.62. The highest BCUT2D eigenvalue weighted by Gasteiger charge is 2.23. The van der Waals surface area contributed by atoms with Gasteiger partial charge in [-0.2, -0.15) is 0 Å². The molecule has 2 aromatic carbocycles. The van der Waals surface area contributed by atoms with Gasteiger partial charge in [-0.3, -0.25) is 9.59 Å². The van der Waals surface area contributed by atoms with Crippen LogP contribution < -0.4 is 0 Å². The van der Waals surface area contributed by atoms with Crippen LogP contribution in [0.5, 0.6) is 0 Å². The fourth-order valence-corrected chi connectivity index (χ4v) is 4.38. The molecule has 5 heteroatoms. The number of hydrogen-bond acceptors (Lipinski definition) is 2. The Hall–Kier alpha value is -3.08. The number of rotatable bonds is 10. The average molecular weight is 476 g/mol. The van der Waals surface area contributed by atoms with Gasteiger partial charge in [0.15, 0.2) is 0 Å². The molecule has 0 aliphatic rings. The number of nitrogens with one attached hydrogen (secondary N) is 1. The van der Waals surface area contributed by atoms with Crippen molar-refractivity contribution in [1.29, 1.82) is 0 Å². The molecular weight excluding hydrogens is 434 g/mol. The third-order valence-electron chi connectivity index (χ3n) is 6.50. The normalized spacial score (nSPS) is 11.7. The van der Waals surface area contributed by atoms with Crippen LogP contribution in [0.25, 0.3) is 10.9 Å².